The number of oxazole rings is 1. The van der Waals surface area contributed by atoms with Crippen molar-refractivity contribution in [3.63, 3.8) is 0 Å². The van der Waals surface area contributed by atoms with E-state index >= 15 is 0 Å². The Kier molecular flexibility index (Phi) is 8.12. The summed E-state index contributed by atoms with van der Waals surface area (Å²) < 4.78 is 5.87. The maximum absolute atomic E-state index is 13.1. The SMILES string of the molecule is CCCN(C(=O)CCCc1ncc(-c2ccccc2)o1)C1CCN(C(=O)c2ccccc2)CC1. The van der Waals surface area contributed by atoms with E-state index < -0.39 is 0 Å². The second-order valence-electron chi connectivity index (χ2n) is 8.81. The molecule has 0 atom stereocenters. The van der Waals surface area contributed by atoms with Crippen LogP contribution in [0, 0.1) is 0 Å². The van der Waals surface area contributed by atoms with Gasteiger partial charge in [0.1, 0.15) is 0 Å². The standard InChI is InChI=1S/C28H33N3O3/c1-2-18-31(24-16-19-30(20-17-24)28(33)23-12-7-4-8-13-23)27(32)15-9-14-26-29-21-25(34-26)22-10-5-3-6-11-22/h3-8,10-13,21,24H,2,9,14-20H2,1H3. The maximum atomic E-state index is 13.1. The molecule has 0 unspecified atom stereocenters. The quantitative estimate of drug-likeness (QED) is 0.441. The fraction of sp³-hybridized carbons (Fsp3) is 0.393. The molecule has 2 heterocycles. The van der Waals surface area contributed by atoms with Gasteiger partial charge in [0.05, 0.1) is 6.20 Å². The molecule has 0 spiro atoms. The van der Waals surface area contributed by atoms with Gasteiger partial charge in [0.2, 0.25) is 5.91 Å². The Morgan fingerprint density at radius 2 is 1.71 bits per heavy atom. The summed E-state index contributed by atoms with van der Waals surface area (Å²) in [6.45, 7) is 4.23. The third-order valence-corrected chi connectivity index (χ3v) is 6.39. The van der Waals surface area contributed by atoms with E-state index in [9.17, 15) is 9.59 Å². The number of hydrogen-bond acceptors (Lipinski definition) is 4. The Hall–Kier alpha value is -3.41. The Bertz CT molecular complexity index is 1060. The molecular formula is C28H33N3O3. The second-order valence-corrected chi connectivity index (χ2v) is 8.81. The minimum atomic E-state index is 0.0771. The average Bonchev–Trinajstić information content (AvgIpc) is 3.37. The largest absolute Gasteiger partial charge is 0.441 e. The van der Waals surface area contributed by atoms with E-state index in [1.807, 2.05) is 70.5 Å². The van der Waals surface area contributed by atoms with Gasteiger partial charge in [0.25, 0.3) is 5.91 Å². The first-order chi connectivity index (χ1) is 16.7. The van der Waals surface area contributed by atoms with Crippen LogP contribution in [0.3, 0.4) is 0 Å². The third-order valence-electron chi connectivity index (χ3n) is 6.39. The Labute approximate surface area is 201 Å². The van der Waals surface area contributed by atoms with Crippen molar-refractivity contribution in [1.29, 1.82) is 0 Å². The molecule has 6 heteroatoms. The van der Waals surface area contributed by atoms with Crippen molar-refractivity contribution in [2.45, 2.75) is 51.5 Å². The van der Waals surface area contributed by atoms with Gasteiger partial charge in [-0.05, 0) is 37.8 Å². The molecule has 34 heavy (non-hydrogen) atoms. The molecule has 0 saturated carbocycles. The smallest absolute Gasteiger partial charge is 0.253 e. The zero-order valence-corrected chi connectivity index (χ0v) is 19.9. The predicted octanol–water partition coefficient (Wildman–Crippen LogP) is 5.21. The van der Waals surface area contributed by atoms with Gasteiger partial charge in [0.15, 0.2) is 11.7 Å². The Morgan fingerprint density at radius 3 is 2.38 bits per heavy atom. The summed E-state index contributed by atoms with van der Waals surface area (Å²) in [6.07, 6.45) is 6.15. The number of hydrogen-bond donors (Lipinski definition) is 0. The first kappa shape index (κ1) is 23.7. The van der Waals surface area contributed by atoms with E-state index in [1.54, 1.807) is 6.20 Å². The highest BCUT2D eigenvalue weighted by atomic mass is 16.4. The number of amides is 2. The molecule has 0 N–H and O–H groups in total. The van der Waals surface area contributed by atoms with Gasteiger partial charge in [-0.2, -0.15) is 0 Å². The van der Waals surface area contributed by atoms with Crippen LogP contribution < -0.4 is 0 Å². The highest BCUT2D eigenvalue weighted by molar-refractivity contribution is 5.94. The molecule has 0 radical (unpaired) electrons. The summed E-state index contributed by atoms with van der Waals surface area (Å²) in [5, 5.41) is 0. The number of carbonyl (C=O) groups excluding carboxylic acids is 2. The lowest BCUT2D eigenvalue weighted by molar-refractivity contribution is -0.134. The van der Waals surface area contributed by atoms with E-state index in [1.165, 1.54) is 0 Å². The highest BCUT2D eigenvalue weighted by Crippen LogP contribution is 2.22. The molecule has 1 aliphatic rings. The Balaban J connectivity index is 1.27. The van der Waals surface area contributed by atoms with E-state index in [-0.39, 0.29) is 17.9 Å². The number of likely N-dealkylation sites (tertiary alicyclic amines) is 1. The van der Waals surface area contributed by atoms with Crippen molar-refractivity contribution in [3.05, 3.63) is 78.3 Å². The molecule has 3 aromatic rings. The van der Waals surface area contributed by atoms with Crippen molar-refractivity contribution in [2.75, 3.05) is 19.6 Å². The number of piperidine rings is 1. The predicted molar refractivity (Wildman–Crippen MR) is 132 cm³/mol. The molecule has 1 aromatic heterocycles. The van der Waals surface area contributed by atoms with Crippen LogP contribution in [-0.2, 0) is 11.2 Å². The number of aryl methyl sites for hydroxylation is 1. The number of nitrogens with zero attached hydrogens (tertiary/aromatic N) is 3. The van der Waals surface area contributed by atoms with Gasteiger partial charge in [-0.25, -0.2) is 4.98 Å². The van der Waals surface area contributed by atoms with Crippen LogP contribution in [0.15, 0.2) is 71.3 Å². The number of carbonyl (C=O) groups is 2. The molecule has 1 fully saturated rings. The van der Waals surface area contributed by atoms with Gasteiger partial charge >= 0.3 is 0 Å². The number of aromatic nitrogens is 1. The van der Waals surface area contributed by atoms with Gasteiger partial charge in [-0.1, -0.05) is 55.5 Å². The van der Waals surface area contributed by atoms with Crippen LogP contribution in [0.2, 0.25) is 0 Å². The fourth-order valence-corrected chi connectivity index (χ4v) is 4.59. The molecule has 0 bridgehead atoms. The summed E-state index contributed by atoms with van der Waals surface area (Å²) in [4.78, 5) is 34.1. The van der Waals surface area contributed by atoms with Crippen molar-refractivity contribution in [3.8, 4) is 11.3 Å². The highest BCUT2D eigenvalue weighted by Gasteiger charge is 2.29. The molecule has 1 aliphatic heterocycles. The fourth-order valence-electron chi connectivity index (χ4n) is 4.59. The number of benzene rings is 2. The lowest BCUT2D eigenvalue weighted by Gasteiger charge is -2.38. The van der Waals surface area contributed by atoms with Crippen LogP contribution >= 0.6 is 0 Å². The zero-order chi connectivity index (χ0) is 23.8. The first-order valence-corrected chi connectivity index (χ1v) is 12.3. The molecular weight excluding hydrogens is 426 g/mol. The van der Waals surface area contributed by atoms with E-state index in [0.29, 0.717) is 38.2 Å². The summed E-state index contributed by atoms with van der Waals surface area (Å²) >= 11 is 0. The van der Waals surface area contributed by atoms with Crippen LogP contribution in [0.25, 0.3) is 11.3 Å². The zero-order valence-electron chi connectivity index (χ0n) is 19.9. The maximum Gasteiger partial charge on any atom is 0.253 e. The van der Waals surface area contributed by atoms with Crippen molar-refractivity contribution < 1.29 is 14.0 Å². The minimum Gasteiger partial charge on any atom is -0.441 e. The molecule has 1 saturated heterocycles. The van der Waals surface area contributed by atoms with Gasteiger partial charge in [-0.3, -0.25) is 9.59 Å². The van der Waals surface area contributed by atoms with Crippen molar-refractivity contribution in [1.82, 2.24) is 14.8 Å². The van der Waals surface area contributed by atoms with Crippen LogP contribution in [-0.4, -0.2) is 52.3 Å². The van der Waals surface area contributed by atoms with Crippen LogP contribution in [0.5, 0.6) is 0 Å². The summed E-state index contributed by atoms with van der Waals surface area (Å²) in [5.74, 6) is 1.69. The normalized spacial score (nSPS) is 14.2. The van der Waals surface area contributed by atoms with Gasteiger partial charge in [0, 0.05) is 49.6 Å². The lowest BCUT2D eigenvalue weighted by Crippen LogP contribution is -2.49. The summed E-state index contributed by atoms with van der Waals surface area (Å²) in [5.41, 5.74) is 1.73. The van der Waals surface area contributed by atoms with E-state index in [2.05, 4.69) is 11.9 Å². The second kappa shape index (κ2) is 11.6. The van der Waals surface area contributed by atoms with Gasteiger partial charge < -0.3 is 14.2 Å². The Morgan fingerprint density at radius 1 is 1.03 bits per heavy atom. The molecule has 178 valence electrons. The van der Waals surface area contributed by atoms with Gasteiger partial charge in [-0.15, -0.1) is 0 Å². The van der Waals surface area contributed by atoms with Crippen molar-refractivity contribution >= 4 is 11.8 Å². The third kappa shape index (κ3) is 5.93. The number of rotatable bonds is 9. The van der Waals surface area contributed by atoms with Crippen LogP contribution in [0.4, 0.5) is 0 Å². The monoisotopic (exact) mass is 459 g/mol. The van der Waals surface area contributed by atoms with E-state index in [4.69, 9.17) is 4.42 Å². The molecule has 4 rings (SSSR count). The average molecular weight is 460 g/mol. The summed E-state index contributed by atoms with van der Waals surface area (Å²) in [7, 11) is 0. The minimum absolute atomic E-state index is 0.0771. The summed E-state index contributed by atoms with van der Waals surface area (Å²) in [6, 6.07) is 19.5. The van der Waals surface area contributed by atoms with Crippen LogP contribution in [0.1, 0.15) is 55.3 Å². The molecule has 2 amide bonds. The molecule has 0 aliphatic carbocycles. The van der Waals surface area contributed by atoms with Crippen molar-refractivity contribution in [2.24, 2.45) is 0 Å². The molecule has 6 nitrogen and oxygen atoms in total. The first-order valence-electron chi connectivity index (χ1n) is 12.3. The molecule has 2 aromatic carbocycles. The topological polar surface area (TPSA) is 66.7 Å². The lowest BCUT2D eigenvalue weighted by atomic mass is 10.0. The van der Waals surface area contributed by atoms with E-state index in [0.717, 1.165) is 42.7 Å².